The van der Waals surface area contributed by atoms with Crippen LogP contribution in [-0.4, -0.2) is 144 Å². The summed E-state index contributed by atoms with van der Waals surface area (Å²) in [5.41, 5.74) is 2.25. The van der Waals surface area contributed by atoms with Gasteiger partial charge in [0, 0.05) is 75.5 Å². The van der Waals surface area contributed by atoms with E-state index in [0.29, 0.717) is 11.5 Å². The third kappa shape index (κ3) is 22.5. The fraction of sp³-hybridized carbons (Fsp3) is 0.964. The van der Waals surface area contributed by atoms with Crippen LogP contribution in [0.2, 0.25) is 0 Å². The van der Waals surface area contributed by atoms with Crippen LogP contribution < -0.4 is 0 Å². The lowest BCUT2D eigenvalue weighted by Crippen LogP contribution is -2.50. The first kappa shape index (κ1) is 58.5. The van der Waals surface area contributed by atoms with E-state index in [-0.39, 0.29) is 0 Å². The predicted molar refractivity (Wildman–Crippen MR) is 275 cm³/mol. The number of piperazine rings is 1. The van der Waals surface area contributed by atoms with Gasteiger partial charge in [-0.2, -0.15) is 0 Å². The van der Waals surface area contributed by atoms with Crippen LogP contribution >= 0.6 is 0 Å². The summed E-state index contributed by atoms with van der Waals surface area (Å²) in [5, 5.41) is 0. The zero-order chi connectivity index (χ0) is 46.6. The van der Waals surface area contributed by atoms with Crippen LogP contribution in [0.1, 0.15) is 190 Å². The highest BCUT2D eigenvalue weighted by atomic mass is 15.3. The van der Waals surface area contributed by atoms with E-state index in [9.17, 15) is 0 Å². The maximum absolute atomic E-state index is 2.60. The van der Waals surface area contributed by atoms with Gasteiger partial charge in [-0.25, -0.2) is 0 Å². The molecule has 5 rings (SSSR count). The Morgan fingerprint density at radius 2 is 0.689 bits per heavy atom. The zero-order valence-electron chi connectivity index (χ0n) is 45.6. The van der Waals surface area contributed by atoms with Crippen LogP contribution in [0.3, 0.4) is 0 Å². The number of piperidine rings is 3. The summed E-state index contributed by atoms with van der Waals surface area (Å²) < 4.78 is 0. The third-order valence-corrected chi connectivity index (χ3v) is 16.1. The quantitative estimate of drug-likeness (QED) is 0.202. The van der Waals surface area contributed by atoms with E-state index in [1.54, 1.807) is 5.57 Å². The molecule has 4 saturated heterocycles. The van der Waals surface area contributed by atoms with Gasteiger partial charge in [0.2, 0.25) is 0 Å². The van der Waals surface area contributed by atoms with Crippen molar-refractivity contribution >= 4 is 0 Å². The Balaban J connectivity index is 0.000000381. The van der Waals surface area contributed by atoms with E-state index in [1.807, 2.05) is 0 Å². The molecule has 0 spiro atoms. The predicted octanol–water partition coefficient (Wildman–Crippen LogP) is 12.8. The lowest BCUT2D eigenvalue weighted by atomic mass is 9.72. The monoisotopic (exact) mass is 859 g/mol. The van der Waals surface area contributed by atoms with Crippen LogP contribution in [0.5, 0.6) is 0 Å². The van der Waals surface area contributed by atoms with Crippen molar-refractivity contribution in [3.63, 3.8) is 0 Å². The maximum atomic E-state index is 2.60. The average molecular weight is 860 g/mol. The Bertz CT molecular complexity index is 965. The number of hydrogen-bond donors (Lipinski definition) is 0. The molecule has 0 atom stereocenters. The number of hydrogen-bond acceptors (Lipinski definition) is 6. The van der Waals surface area contributed by atoms with E-state index in [2.05, 4.69) is 181 Å². The number of nitrogens with zero attached hydrogens (tertiary/aromatic N) is 6. The molecule has 61 heavy (non-hydrogen) atoms. The SMILES string of the molecule is CC(C)C1=CCN(C(C)C)CC1.CC(C)C1CCN(C(C)C)CC1.CC(C)C1CCN(C(C)C)CC1.CC(C)N1CCC(C)(C(C)C)CC1.CC(C)N1CCN(C(C)C)CC1. The van der Waals surface area contributed by atoms with Crippen molar-refractivity contribution in [3.8, 4) is 0 Å². The van der Waals surface area contributed by atoms with Crippen LogP contribution in [0.4, 0.5) is 0 Å². The Kier molecular flexibility index (Phi) is 28.7. The Morgan fingerprint density at radius 3 is 0.918 bits per heavy atom. The standard InChI is InChI=1S/C12H25N.2C11H23N.C11H21N.C10H22N2/c1-10(2)12(5)6-8-13(9-7-12)11(3)4;4*1-9(2)11-5-7-12(8-6-11)10(3)4/h10-11H,6-9H2,1-5H3;2*9-11H,5-8H2,1-4H3;5,9-10H,6-8H2,1-4H3;9-10H,5-8H2,1-4H3. The molecule has 0 aromatic heterocycles. The largest absolute Gasteiger partial charge is 0.301 e. The van der Waals surface area contributed by atoms with Gasteiger partial charge in [0.15, 0.2) is 0 Å². The van der Waals surface area contributed by atoms with Crippen LogP contribution in [0, 0.1) is 40.9 Å². The van der Waals surface area contributed by atoms with Gasteiger partial charge < -0.3 is 14.7 Å². The molecule has 5 aliphatic heterocycles. The maximum Gasteiger partial charge on any atom is 0.0168 e. The summed E-state index contributed by atoms with van der Waals surface area (Å²) >= 11 is 0. The molecule has 0 bridgehead atoms. The molecule has 0 aliphatic carbocycles. The third-order valence-electron chi connectivity index (χ3n) is 16.1. The molecule has 0 saturated carbocycles. The van der Waals surface area contributed by atoms with E-state index in [0.717, 1.165) is 72.3 Å². The molecular formula is C55H114N6. The molecule has 6 heteroatoms. The molecular weight excluding hydrogens is 745 g/mol. The first-order valence-corrected chi connectivity index (χ1v) is 26.5. The molecule has 0 unspecified atom stereocenters. The fourth-order valence-electron chi connectivity index (χ4n) is 9.80. The minimum atomic E-state index is 0.603. The normalized spacial score (nSPS) is 22.4. The van der Waals surface area contributed by atoms with Gasteiger partial charge in [-0.3, -0.25) is 14.7 Å². The number of likely N-dealkylation sites (tertiary alicyclic amines) is 3. The molecule has 6 nitrogen and oxygen atoms in total. The molecule has 0 amide bonds. The minimum Gasteiger partial charge on any atom is -0.301 e. The van der Waals surface area contributed by atoms with E-state index >= 15 is 0 Å². The lowest BCUT2D eigenvalue weighted by Gasteiger charge is -2.43. The fourth-order valence-corrected chi connectivity index (χ4v) is 9.80. The highest BCUT2D eigenvalue weighted by molar-refractivity contribution is 5.09. The second-order valence-corrected chi connectivity index (χ2v) is 23.4. The van der Waals surface area contributed by atoms with Crippen molar-refractivity contribution in [2.45, 2.75) is 227 Å². The van der Waals surface area contributed by atoms with Crippen molar-refractivity contribution in [1.29, 1.82) is 0 Å². The molecule has 0 radical (unpaired) electrons. The Labute approximate surface area is 385 Å². The van der Waals surface area contributed by atoms with Crippen molar-refractivity contribution in [3.05, 3.63) is 11.6 Å². The van der Waals surface area contributed by atoms with Crippen molar-refractivity contribution in [1.82, 2.24) is 29.4 Å². The number of rotatable bonds is 10. The molecule has 0 aromatic rings. The van der Waals surface area contributed by atoms with Crippen LogP contribution in [0.15, 0.2) is 11.6 Å². The lowest BCUT2D eigenvalue weighted by molar-refractivity contribution is 0.0617. The van der Waals surface area contributed by atoms with Gasteiger partial charge in [0.1, 0.15) is 0 Å². The van der Waals surface area contributed by atoms with Crippen molar-refractivity contribution in [2.24, 2.45) is 40.9 Å². The van der Waals surface area contributed by atoms with Gasteiger partial charge in [0.25, 0.3) is 0 Å². The molecule has 5 aliphatic rings. The van der Waals surface area contributed by atoms with E-state index in [1.165, 1.54) is 117 Å². The molecule has 364 valence electrons. The molecule has 0 N–H and O–H groups in total. The van der Waals surface area contributed by atoms with Gasteiger partial charge in [-0.15, -0.1) is 0 Å². The van der Waals surface area contributed by atoms with Gasteiger partial charge in [-0.05, 0) is 208 Å². The van der Waals surface area contributed by atoms with E-state index in [4.69, 9.17) is 0 Å². The van der Waals surface area contributed by atoms with Gasteiger partial charge in [0.05, 0.1) is 0 Å². The first-order chi connectivity index (χ1) is 28.4. The minimum absolute atomic E-state index is 0.603. The summed E-state index contributed by atoms with van der Waals surface area (Å²) in [5.74, 6) is 5.33. The van der Waals surface area contributed by atoms with Gasteiger partial charge in [-0.1, -0.05) is 74.0 Å². The summed E-state index contributed by atoms with van der Waals surface area (Å²) in [6.07, 6.45) is 12.1. The summed E-state index contributed by atoms with van der Waals surface area (Å²) in [4.78, 5) is 15.4. The van der Waals surface area contributed by atoms with Crippen LogP contribution in [-0.2, 0) is 0 Å². The highest BCUT2D eigenvalue weighted by Gasteiger charge is 2.33. The Morgan fingerprint density at radius 1 is 0.393 bits per heavy atom. The van der Waals surface area contributed by atoms with E-state index < -0.39 is 0 Å². The topological polar surface area (TPSA) is 19.4 Å². The second-order valence-electron chi connectivity index (χ2n) is 23.4. The molecule has 0 aromatic carbocycles. The summed E-state index contributed by atoms with van der Waals surface area (Å²) in [6.45, 7) is 63.9. The highest BCUT2D eigenvalue weighted by Crippen LogP contribution is 2.38. The summed E-state index contributed by atoms with van der Waals surface area (Å²) in [7, 11) is 0. The first-order valence-electron chi connectivity index (χ1n) is 26.5. The Hall–Kier alpha value is -0.500. The van der Waals surface area contributed by atoms with Crippen LogP contribution in [0.25, 0.3) is 0 Å². The zero-order valence-corrected chi connectivity index (χ0v) is 45.6. The molecule has 5 heterocycles. The summed E-state index contributed by atoms with van der Waals surface area (Å²) in [6, 6.07) is 4.38. The van der Waals surface area contributed by atoms with Crippen molar-refractivity contribution < 1.29 is 0 Å². The smallest absolute Gasteiger partial charge is 0.0168 e. The van der Waals surface area contributed by atoms with Gasteiger partial charge >= 0.3 is 0 Å². The van der Waals surface area contributed by atoms with Crippen molar-refractivity contribution in [2.75, 3.05) is 78.5 Å². The average Bonchev–Trinajstić information content (AvgIpc) is 3.22. The molecule has 4 fully saturated rings. The second kappa shape index (κ2) is 29.9.